The van der Waals surface area contributed by atoms with E-state index in [4.69, 9.17) is 9.47 Å². The van der Waals surface area contributed by atoms with Gasteiger partial charge in [-0.25, -0.2) is 8.42 Å². The summed E-state index contributed by atoms with van der Waals surface area (Å²) in [6.45, 7) is 2.21. The van der Waals surface area contributed by atoms with Crippen LogP contribution in [0, 0.1) is 0 Å². The number of hydrogen-bond acceptors (Lipinski definition) is 6. The summed E-state index contributed by atoms with van der Waals surface area (Å²) in [5.41, 5.74) is 0.375. The topological polar surface area (TPSA) is 88.2 Å². The third-order valence-corrected chi connectivity index (χ3v) is 7.83. The summed E-state index contributed by atoms with van der Waals surface area (Å²) in [7, 11) is -3.81. The number of amides is 1. The zero-order valence-electron chi connectivity index (χ0n) is 15.5. The lowest BCUT2D eigenvalue weighted by atomic mass is 9.92. The largest absolute Gasteiger partial charge is 0.487 e. The average Bonchev–Trinajstić information content (AvgIpc) is 3.06. The van der Waals surface area contributed by atoms with E-state index < -0.39 is 16.3 Å². The Balaban J connectivity index is 1.39. The number of para-hydroxylation sites is 1. The molecule has 1 aromatic carbocycles. The Morgan fingerprint density at radius 1 is 1.18 bits per heavy atom. The van der Waals surface area contributed by atoms with Crippen LogP contribution in [0.15, 0.2) is 29.2 Å². The van der Waals surface area contributed by atoms with Crippen molar-refractivity contribution in [3.63, 3.8) is 0 Å². The minimum atomic E-state index is -3.81. The molecule has 0 aliphatic carbocycles. The summed E-state index contributed by atoms with van der Waals surface area (Å²) >= 11 is 0. The Kier molecular flexibility index (Phi) is 4.24. The van der Waals surface area contributed by atoms with Gasteiger partial charge in [-0.05, 0) is 38.1 Å². The lowest BCUT2D eigenvalue weighted by Gasteiger charge is -2.35. The van der Waals surface area contributed by atoms with Crippen LogP contribution >= 0.6 is 0 Å². The zero-order valence-corrected chi connectivity index (χ0v) is 16.3. The minimum absolute atomic E-state index is 0.0329. The molecule has 4 heterocycles. The molecule has 150 valence electrons. The number of carbonyl (C=O) groups is 1. The van der Waals surface area contributed by atoms with Crippen LogP contribution in [0.5, 0.6) is 5.75 Å². The number of hydrogen-bond donors (Lipinski definition) is 1. The van der Waals surface area contributed by atoms with Gasteiger partial charge in [-0.2, -0.15) is 4.31 Å². The first-order valence-electron chi connectivity index (χ1n) is 9.58. The fraction of sp³-hybridized carbons (Fsp3) is 0.526. The van der Waals surface area contributed by atoms with E-state index in [0.29, 0.717) is 12.3 Å². The van der Waals surface area contributed by atoms with E-state index in [1.807, 2.05) is 24.3 Å². The van der Waals surface area contributed by atoms with Crippen molar-refractivity contribution in [2.75, 3.05) is 39.3 Å². The van der Waals surface area contributed by atoms with Crippen molar-refractivity contribution in [3.8, 4) is 5.75 Å². The van der Waals surface area contributed by atoms with Gasteiger partial charge in [0.1, 0.15) is 18.6 Å². The molecule has 9 heteroatoms. The van der Waals surface area contributed by atoms with Crippen molar-refractivity contribution < 1.29 is 22.7 Å². The van der Waals surface area contributed by atoms with E-state index in [1.165, 1.54) is 4.31 Å². The zero-order chi connectivity index (χ0) is 19.4. The highest BCUT2D eigenvalue weighted by Gasteiger charge is 2.51. The van der Waals surface area contributed by atoms with Crippen LogP contribution in [0.3, 0.4) is 0 Å². The van der Waals surface area contributed by atoms with E-state index in [0.717, 1.165) is 31.5 Å². The molecule has 0 saturated carbocycles. The molecule has 3 fully saturated rings. The molecule has 1 atom stereocenters. The first-order chi connectivity index (χ1) is 13.5. The first-order valence-corrected chi connectivity index (χ1v) is 11.0. The van der Waals surface area contributed by atoms with Gasteiger partial charge in [0.15, 0.2) is 0 Å². The Bertz CT molecular complexity index is 939. The van der Waals surface area contributed by atoms with Crippen molar-refractivity contribution in [1.29, 1.82) is 0 Å². The molecule has 28 heavy (non-hydrogen) atoms. The van der Waals surface area contributed by atoms with Crippen LogP contribution in [0.4, 0.5) is 0 Å². The molecule has 3 saturated heterocycles. The SMILES string of the molecule is O=C1CN(S(=O)(=O)C2=Cc3ccccc3OC2)CC2OC3(CCNCC3)CN12. The first kappa shape index (κ1) is 18.1. The fourth-order valence-electron chi connectivity index (χ4n) is 4.42. The van der Waals surface area contributed by atoms with E-state index in [9.17, 15) is 13.2 Å². The summed E-state index contributed by atoms with van der Waals surface area (Å²) in [5, 5.41) is 3.30. The lowest BCUT2D eigenvalue weighted by Crippen LogP contribution is -2.56. The van der Waals surface area contributed by atoms with Crippen LogP contribution in [0.1, 0.15) is 18.4 Å². The monoisotopic (exact) mass is 405 g/mol. The molecule has 4 aliphatic rings. The number of nitrogens with zero attached hydrogens (tertiary/aromatic N) is 2. The lowest BCUT2D eigenvalue weighted by molar-refractivity contribution is -0.144. The third-order valence-electron chi connectivity index (χ3n) is 5.98. The van der Waals surface area contributed by atoms with Crippen molar-refractivity contribution in [2.45, 2.75) is 24.7 Å². The maximum atomic E-state index is 13.2. The Morgan fingerprint density at radius 3 is 2.79 bits per heavy atom. The van der Waals surface area contributed by atoms with Gasteiger partial charge in [0.25, 0.3) is 0 Å². The van der Waals surface area contributed by atoms with Crippen molar-refractivity contribution in [1.82, 2.24) is 14.5 Å². The third kappa shape index (κ3) is 2.93. The van der Waals surface area contributed by atoms with Crippen LogP contribution in [-0.2, 0) is 19.6 Å². The molecule has 1 unspecified atom stereocenters. The van der Waals surface area contributed by atoms with Crippen LogP contribution in [-0.4, -0.2) is 74.7 Å². The number of piperazine rings is 1. The van der Waals surface area contributed by atoms with Crippen LogP contribution in [0.25, 0.3) is 6.08 Å². The molecule has 1 N–H and O–H groups in total. The van der Waals surface area contributed by atoms with Gasteiger partial charge in [0, 0.05) is 5.56 Å². The highest BCUT2D eigenvalue weighted by atomic mass is 32.2. The summed E-state index contributed by atoms with van der Waals surface area (Å²) in [6.07, 6.45) is 2.77. The molecule has 1 amide bonds. The molecule has 5 rings (SSSR count). The standard InChI is InChI=1S/C19H23N3O5S/c23-17-10-21(11-18-22(17)13-19(27-18)5-7-20-8-6-19)28(24,25)15-9-14-3-1-2-4-16(14)26-12-15/h1-4,9,18,20H,5-8,10-13H2. The number of benzene rings is 1. The Morgan fingerprint density at radius 2 is 1.96 bits per heavy atom. The number of sulfonamides is 1. The molecular weight excluding hydrogens is 382 g/mol. The van der Waals surface area contributed by atoms with Crippen molar-refractivity contribution >= 4 is 22.0 Å². The molecule has 1 aromatic rings. The molecule has 0 bridgehead atoms. The Hall–Kier alpha value is -1.94. The van der Waals surface area contributed by atoms with Gasteiger partial charge in [0.05, 0.1) is 30.1 Å². The predicted octanol–water partition coefficient (Wildman–Crippen LogP) is 0.372. The maximum Gasteiger partial charge on any atom is 0.243 e. The summed E-state index contributed by atoms with van der Waals surface area (Å²) in [4.78, 5) is 14.6. The molecule has 1 spiro atoms. The van der Waals surface area contributed by atoms with Crippen LogP contribution in [0.2, 0.25) is 0 Å². The quantitative estimate of drug-likeness (QED) is 0.765. The second kappa shape index (κ2) is 6.55. The van der Waals surface area contributed by atoms with E-state index in [2.05, 4.69) is 5.32 Å². The average molecular weight is 405 g/mol. The van der Waals surface area contributed by atoms with E-state index in [-0.39, 0.29) is 36.1 Å². The van der Waals surface area contributed by atoms with Gasteiger partial charge in [-0.15, -0.1) is 0 Å². The highest BCUT2D eigenvalue weighted by molar-refractivity contribution is 7.93. The van der Waals surface area contributed by atoms with E-state index in [1.54, 1.807) is 11.0 Å². The van der Waals surface area contributed by atoms with Gasteiger partial charge in [-0.1, -0.05) is 18.2 Å². The summed E-state index contributed by atoms with van der Waals surface area (Å²) in [5.74, 6) is 0.460. The summed E-state index contributed by atoms with van der Waals surface area (Å²) < 4.78 is 39.5. The van der Waals surface area contributed by atoms with Gasteiger partial charge >= 0.3 is 0 Å². The van der Waals surface area contributed by atoms with Crippen molar-refractivity contribution in [2.24, 2.45) is 0 Å². The molecular formula is C19H23N3O5S. The number of carbonyl (C=O) groups excluding carboxylic acids is 1. The number of piperidine rings is 1. The second-order valence-electron chi connectivity index (χ2n) is 7.76. The van der Waals surface area contributed by atoms with Gasteiger partial charge < -0.3 is 19.7 Å². The van der Waals surface area contributed by atoms with Crippen molar-refractivity contribution in [3.05, 3.63) is 34.7 Å². The molecule has 0 aromatic heterocycles. The second-order valence-corrected chi connectivity index (χ2v) is 9.75. The molecule has 0 radical (unpaired) electrons. The number of ether oxygens (including phenoxy) is 2. The number of rotatable bonds is 2. The summed E-state index contributed by atoms with van der Waals surface area (Å²) in [6, 6.07) is 7.30. The Labute approximate surface area is 164 Å². The maximum absolute atomic E-state index is 13.2. The smallest absolute Gasteiger partial charge is 0.243 e. The number of nitrogens with one attached hydrogen (secondary N) is 1. The fourth-order valence-corrected chi connectivity index (χ4v) is 5.84. The minimum Gasteiger partial charge on any atom is -0.487 e. The normalized spacial score (nSPS) is 27.1. The van der Waals surface area contributed by atoms with Crippen LogP contribution < -0.4 is 10.1 Å². The number of fused-ring (bicyclic) bond motifs is 2. The van der Waals surface area contributed by atoms with Gasteiger partial charge in [0.2, 0.25) is 15.9 Å². The molecule has 8 nitrogen and oxygen atoms in total. The highest BCUT2D eigenvalue weighted by Crippen LogP contribution is 2.37. The molecule has 4 aliphatic heterocycles. The van der Waals surface area contributed by atoms with Gasteiger partial charge in [-0.3, -0.25) is 4.79 Å². The van der Waals surface area contributed by atoms with E-state index >= 15 is 0 Å². The predicted molar refractivity (Wildman–Crippen MR) is 102 cm³/mol.